The van der Waals surface area contributed by atoms with E-state index < -0.39 is 5.63 Å². The Morgan fingerprint density at radius 3 is 2.56 bits per heavy atom. The zero-order chi connectivity index (χ0) is 19.3. The van der Waals surface area contributed by atoms with Crippen LogP contribution in [-0.2, 0) is 6.54 Å². The first-order valence-electron chi connectivity index (χ1n) is 7.90. The first kappa shape index (κ1) is 18.0. The predicted octanol–water partition coefficient (Wildman–Crippen LogP) is 4.82. The van der Waals surface area contributed by atoms with Crippen LogP contribution in [0.2, 0.25) is 15.1 Å². The molecule has 0 bridgehead atoms. The summed E-state index contributed by atoms with van der Waals surface area (Å²) in [5, 5.41) is 2.14. The summed E-state index contributed by atoms with van der Waals surface area (Å²) in [6, 6.07) is 7.81. The molecule has 27 heavy (non-hydrogen) atoms. The normalized spacial score (nSPS) is 11.4. The summed E-state index contributed by atoms with van der Waals surface area (Å²) in [5.41, 5.74) is 1.35. The molecule has 4 rings (SSSR count). The third-order valence-electron chi connectivity index (χ3n) is 4.30. The van der Waals surface area contributed by atoms with Crippen LogP contribution in [-0.4, -0.2) is 9.55 Å². The van der Waals surface area contributed by atoms with E-state index in [2.05, 4.69) is 4.98 Å². The SMILES string of the molecule is Cc1cc2oc(=O)cc(Cn3cnc4c(Cl)cc(Cl)cc4c3=O)c2cc1Cl. The van der Waals surface area contributed by atoms with E-state index >= 15 is 0 Å². The first-order chi connectivity index (χ1) is 12.8. The Labute approximate surface area is 167 Å². The quantitative estimate of drug-likeness (QED) is 0.435. The lowest BCUT2D eigenvalue weighted by Gasteiger charge is -2.10. The van der Waals surface area contributed by atoms with Crippen molar-refractivity contribution in [2.75, 3.05) is 0 Å². The molecular weight excluding hydrogens is 411 g/mol. The first-order valence-corrected chi connectivity index (χ1v) is 9.04. The van der Waals surface area contributed by atoms with E-state index in [-0.39, 0.29) is 12.1 Å². The molecule has 0 saturated carbocycles. The third kappa shape index (κ3) is 3.23. The van der Waals surface area contributed by atoms with Gasteiger partial charge in [-0.1, -0.05) is 34.8 Å². The maximum Gasteiger partial charge on any atom is 0.336 e. The van der Waals surface area contributed by atoms with Crippen molar-refractivity contribution in [2.24, 2.45) is 0 Å². The summed E-state index contributed by atoms with van der Waals surface area (Å²) in [6.45, 7) is 1.94. The van der Waals surface area contributed by atoms with Crippen molar-refractivity contribution < 1.29 is 4.42 Å². The van der Waals surface area contributed by atoms with Gasteiger partial charge in [-0.3, -0.25) is 9.36 Å². The second-order valence-corrected chi connectivity index (χ2v) is 7.40. The molecule has 0 aliphatic heterocycles. The van der Waals surface area contributed by atoms with E-state index in [1.54, 1.807) is 12.1 Å². The molecule has 0 atom stereocenters. The second kappa shape index (κ2) is 6.68. The Balaban J connectivity index is 1.92. The number of benzene rings is 2. The molecule has 0 radical (unpaired) electrons. The van der Waals surface area contributed by atoms with Crippen molar-refractivity contribution >= 4 is 56.7 Å². The minimum atomic E-state index is -0.507. The molecule has 136 valence electrons. The molecule has 0 fully saturated rings. The predicted molar refractivity (Wildman–Crippen MR) is 107 cm³/mol. The van der Waals surface area contributed by atoms with Gasteiger partial charge in [0, 0.05) is 21.5 Å². The Bertz CT molecular complexity index is 1340. The summed E-state index contributed by atoms with van der Waals surface area (Å²) in [4.78, 5) is 29.1. The molecule has 5 nitrogen and oxygen atoms in total. The highest BCUT2D eigenvalue weighted by atomic mass is 35.5. The molecule has 2 aromatic carbocycles. The van der Waals surface area contributed by atoms with Crippen LogP contribution in [0, 0.1) is 6.92 Å². The van der Waals surface area contributed by atoms with E-state index in [0.717, 1.165) is 5.56 Å². The second-order valence-electron chi connectivity index (χ2n) is 6.15. The minimum Gasteiger partial charge on any atom is -0.423 e. The average molecular weight is 422 g/mol. The van der Waals surface area contributed by atoms with Gasteiger partial charge in [-0.05, 0) is 42.3 Å². The van der Waals surface area contributed by atoms with Gasteiger partial charge in [-0.25, -0.2) is 9.78 Å². The van der Waals surface area contributed by atoms with Gasteiger partial charge in [-0.15, -0.1) is 0 Å². The maximum absolute atomic E-state index is 12.9. The molecule has 0 amide bonds. The topological polar surface area (TPSA) is 65.1 Å². The largest absolute Gasteiger partial charge is 0.423 e. The van der Waals surface area contributed by atoms with Gasteiger partial charge in [-0.2, -0.15) is 0 Å². The maximum atomic E-state index is 12.9. The molecule has 0 spiro atoms. The van der Waals surface area contributed by atoms with Crippen LogP contribution in [0.3, 0.4) is 0 Å². The Hall–Kier alpha value is -2.34. The van der Waals surface area contributed by atoms with Crippen LogP contribution in [0.4, 0.5) is 0 Å². The smallest absolute Gasteiger partial charge is 0.336 e. The summed E-state index contributed by atoms with van der Waals surface area (Å²) in [7, 11) is 0. The highest BCUT2D eigenvalue weighted by Gasteiger charge is 2.13. The fourth-order valence-electron chi connectivity index (χ4n) is 2.97. The number of rotatable bonds is 2. The van der Waals surface area contributed by atoms with Crippen molar-refractivity contribution in [3.8, 4) is 0 Å². The van der Waals surface area contributed by atoms with E-state index in [1.165, 1.54) is 29.1 Å². The molecule has 4 aromatic rings. The lowest BCUT2D eigenvalue weighted by Crippen LogP contribution is -2.22. The number of hydrogen-bond acceptors (Lipinski definition) is 4. The fraction of sp³-hybridized carbons (Fsp3) is 0.105. The summed E-state index contributed by atoms with van der Waals surface area (Å²) in [5.74, 6) is 0. The molecule has 0 aliphatic rings. The Morgan fingerprint density at radius 1 is 1.00 bits per heavy atom. The van der Waals surface area contributed by atoms with E-state index in [4.69, 9.17) is 39.2 Å². The highest BCUT2D eigenvalue weighted by Crippen LogP contribution is 2.26. The number of aryl methyl sites for hydroxylation is 1. The summed E-state index contributed by atoms with van der Waals surface area (Å²) >= 11 is 18.3. The molecule has 0 N–H and O–H groups in total. The van der Waals surface area contributed by atoms with Crippen molar-refractivity contribution in [1.29, 1.82) is 0 Å². The molecule has 8 heteroatoms. The van der Waals surface area contributed by atoms with Crippen LogP contribution in [0.5, 0.6) is 0 Å². The molecule has 0 saturated heterocycles. The highest BCUT2D eigenvalue weighted by molar-refractivity contribution is 6.38. The van der Waals surface area contributed by atoms with Gasteiger partial charge >= 0.3 is 5.63 Å². The van der Waals surface area contributed by atoms with E-state index in [0.29, 0.717) is 42.5 Å². The number of aromatic nitrogens is 2. The summed E-state index contributed by atoms with van der Waals surface area (Å²) in [6.07, 6.45) is 1.39. The van der Waals surface area contributed by atoms with E-state index in [1.807, 2.05) is 6.92 Å². The number of hydrogen-bond donors (Lipinski definition) is 0. The van der Waals surface area contributed by atoms with Gasteiger partial charge in [0.2, 0.25) is 0 Å². The van der Waals surface area contributed by atoms with Gasteiger partial charge < -0.3 is 4.42 Å². The number of fused-ring (bicyclic) bond motifs is 2. The molecule has 0 aliphatic carbocycles. The van der Waals surface area contributed by atoms with Crippen molar-refractivity contribution in [2.45, 2.75) is 13.5 Å². The van der Waals surface area contributed by atoms with Gasteiger partial charge in [0.25, 0.3) is 5.56 Å². The van der Waals surface area contributed by atoms with Crippen molar-refractivity contribution in [3.63, 3.8) is 0 Å². The fourth-order valence-corrected chi connectivity index (χ4v) is 3.68. The van der Waals surface area contributed by atoms with Crippen LogP contribution >= 0.6 is 34.8 Å². The van der Waals surface area contributed by atoms with Gasteiger partial charge in [0.1, 0.15) is 5.58 Å². The van der Waals surface area contributed by atoms with Crippen LogP contribution < -0.4 is 11.2 Å². The number of halogens is 3. The van der Waals surface area contributed by atoms with E-state index in [9.17, 15) is 9.59 Å². The molecular formula is C19H11Cl3N2O3. The Morgan fingerprint density at radius 2 is 1.78 bits per heavy atom. The Kier molecular flexibility index (Phi) is 4.46. The zero-order valence-corrected chi connectivity index (χ0v) is 16.2. The lowest BCUT2D eigenvalue weighted by molar-refractivity contribution is 0.557. The third-order valence-corrected chi connectivity index (χ3v) is 5.21. The number of nitrogens with zero attached hydrogens (tertiary/aromatic N) is 2. The molecule has 2 aromatic heterocycles. The average Bonchev–Trinajstić information content (AvgIpc) is 2.59. The lowest BCUT2D eigenvalue weighted by atomic mass is 10.1. The van der Waals surface area contributed by atoms with Gasteiger partial charge in [0.05, 0.1) is 28.8 Å². The van der Waals surface area contributed by atoms with Crippen LogP contribution in [0.15, 0.2) is 50.7 Å². The molecule has 2 heterocycles. The standard InChI is InChI=1S/C19H11Cl3N2O3/c1-9-2-16-12(6-14(9)21)10(3-17(25)27-16)7-24-8-23-18-13(19(24)26)4-11(20)5-15(18)22/h2-6,8H,7H2,1H3. The zero-order valence-electron chi connectivity index (χ0n) is 13.9. The van der Waals surface area contributed by atoms with Crippen molar-refractivity contribution in [3.05, 3.63) is 83.6 Å². The van der Waals surface area contributed by atoms with Crippen LogP contribution in [0.1, 0.15) is 11.1 Å². The van der Waals surface area contributed by atoms with Crippen LogP contribution in [0.25, 0.3) is 21.9 Å². The van der Waals surface area contributed by atoms with Gasteiger partial charge in [0.15, 0.2) is 0 Å². The van der Waals surface area contributed by atoms with Crippen molar-refractivity contribution in [1.82, 2.24) is 9.55 Å². The monoisotopic (exact) mass is 420 g/mol. The minimum absolute atomic E-state index is 0.118. The molecule has 0 unspecified atom stereocenters. The summed E-state index contributed by atoms with van der Waals surface area (Å²) < 4.78 is 6.64.